The van der Waals surface area contributed by atoms with Crippen molar-refractivity contribution in [3.05, 3.63) is 53.8 Å². The van der Waals surface area contributed by atoms with Crippen molar-refractivity contribution in [3.8, 4) is 11.5 Å². The summed E-state index contributed by atoms with van der Waals surface area (Å²) in [7, 11) is 1.50. The molecular formula is C14H12FNO3. The Balaban J connectivity index is 2.33. The predicted molar refractivity (Wildman–Crippen MR) is 68.9 cm³/mol. The van der Waals surface area contributed by atoms with E-state index in [4.69, 9.17) is 0 Å². The van der Waals surface area contributed by atoms with Crippen LogP contribution in [0.4, 0.5) is 10.1 Å². The van der Waals surface area contributed by atoms with E-state index < -0.39 is 11.7 Å². The van der Waals surface area contributed by atoms with E-state index in [0.29, 0.717) is 5.69 Å². The number of hydrogen-bond acceptors (Lipinski definition) is 3. The van der Waals surface area contributed by atoms with Crippen molar-refractivity contribution < 1.29 is 19.4 Å². The molecule has 2 aromatic rings. The van der Waals surface area contributed by atoms with Gasteiger partial charge in [0.25, 0.3) is 5.91 Å². The molecule has 1 amide bonds. The van der Waals surface area contributed by atoms with Gasteiger partial charge >= 0.3 is 0 Å². The van der Waals surface area contributed by atoms with Gasteiger partial charge in [0.1, 0.15) is 17.3 Å². The Hall–Kier alpha value is -2.56. The fourth-order valence-corrected chi connectivity index (χ4v) is 1.65. The minimum absolute atomic E-state index is 0.0817. The largest absolute Gasteiger partial charge is 0.508 e. The van der Waals surface area contributed by atoms with Crippen LogP contribution in [-0.2, 0) is 0 Å². The minimum atomic E-state index is -0.597. The Morgan fingerprint density at radius 2 is 1.74 bits per heavy atom. The van der Waals surface area contributed by atoms with Crippen LogP contribution in [0, 0.1) is 5.82 Å². The highest BCUT2D eigenvalue weighted by Crippen LogP contribution is 2.23. The van der Waals surface area contributed by atoms with Crippen molar-refractivity contribution in [3.63, 3.8) is 0 Å². The molecule has 0 radical (unpaired) electrons. The third kappa shape index (κ3) is 2.65. The van der Waals surface area contributed by atoms with Gasteiger partial charge in [-0.15, -0.1) is 0 Å². The Morgan fingerprint density at radius 1 is 1.11 bits per heavy atom. The first-order valence-corrected chi connectivity index (χ1v) is 5.54. The molecule has 0 atom stereocenters. The van der Waals surface area contributed by atoms with Crippen molar-refractivity contribution in [2.45, 2.75) is 0 Å². The van der Waals surface area contributed by atoms with Gasteiger partial charge in [-0.3, -0.25) is 4.79 Å². The second-order valence-electron chi connectivity index (χ2n) is 4.04. The van der Waals surface area contributed by atoms with Crippen molar-refractivity contribution in [1.82, 2.24) is 0 Å². The molecule has 0 aliphatic rings. The van der Waals surface area contributed by atoms with Gasteiger partial charge in [-0.2, -0.15) is 0 Å². The zero-order valence-electron chi connectivity index (χ0n) is 10.2. The predicted octanol–water partition coefficient (Wildman–Crippen LogP) is 2.51. The summed E-state index contributed by atoms with van der Waals surface area (Å²) in [5.74, 6) is -1.34. The molecule has 0 fully saturated rings. The lowest BCUT2D eigenvalue weighted by Gasteiger charge is -2.18. The number of carbonyl (C=O) groups excluding carboxylic acids is 1. The Morgan fingerprint density at radius 3 is 2.37 bits per heavy atom. The number of hydrogen-bond donors (Lipinski definition) is 2. The van der Waals surface area contributed by atoms with Gasteiger partial charge in [0.2, 0.25) is 0 Å². The quantitative estimate of drug-likeness (QED) is 0.873. The maximum Gasteiger partial charge on any atom is 0.261 e. The standard InChI is InChI=1S/C14H12FNO3/c1-16(10-3-5-11(17)6-4-10)14(19)12-8-9(15)2-7-13(12)18/h2-8,17-18H,1H3. The molecular weight excluding hydrogens is 249 g/mol. The third-order valence-electron chi connectivity index (χ3n) is 2.73. The average Bonchev–Trinajstić information content (AvgIpc) is 2.41. The number of benzene rings is 2. The van der Waals surface area contributed by atoms with Crippen LogP contribution in [0.5, 0.6) is 11.5 Å². The molecule has 0 saturated carbocycles. The molecule has 2 aromatic carbocycles. The highest BCUT2D eigenvalue weighted by Gasteiger charge is 2.17. The van der Waals surface area contributed by atoms with E-state index in [0.717, 1.165) is 18.2 Å². The smallest absolute Gasteiger partial charge is 0.261 e. The summed E-state index contributed by atoms with van der Waals surface area (Å²) < 4.78 is 13.1. The van der Waals surface area contributed by atoms with Crippen molar-refractivity contribution in [1.29, 1.82) is 0 Å². The van der Waals surface area contributed by atoms with Gasteiger partial charge in [0.05, 0.1) is 5.56 Å². The Kier molecular flexibility index (Phi) is 3.37. The normalized spacial score (nSPS) is 10.2. The van der Waals surface area contributed by atoms with Crippen LogP contribution in [0.25, 0.3) is 0 Å². The summed E-state index contributed by atoms with van der Waals surface area (Å²) >= 11 is 0. The minimum Gasteiger partial charge on any atom is -0.508 e. The number of phenolic OH excluding ortho intramolecular Hbond substituents is 2. The number of aromatic hydroxyl groups is 2. The highest BCUT2D eigenvalue weighted by molar-refractivity contribution is 6.07. The third-order valence-corrected chi connectivity index (χ3v) is 2.73. The Labute approximate surface area is 109 Å². The van der Waals surface area contributed by atoms with Crippen LogP contribution in [0.2, 0.25) is 0 Å². The summed E-state index contributed by atoms with van der Waals surface area (Å²) in [6.45, 7) is 0. The van der Waals surface area contributed by atoms with E-state index in [9.17, 15) is 19.4 Å². The number of anilines is 1. The summed E-state index contributed by atoms with van der Waals surface area (Å²) in [5.41, 5.74) is 0.405. The van der Waals surface area contributed by atoms with Gasteiger partial charge in [-0.05, 0) is 42.5 Å². The molecule has 0 aliphatic heterocycles. The van der Waals surface area contributed by atoms with E-state index >= 15 is 0 Å². The maximum absolute atomic E-state index is 13.1. The summed E-state index contributed by atoms with van der Waals surface area (Å²) in [4.78, 5) is 13.4. The van der Waals surface area contributed by atoms with Crippen molar-refractivity contribution in [2.75, 3.05) is 11.9 Å². The van der Waals surface area contributed by atoms with E-state index in [-0.39, 0.29) is 17.1 Å². The first-order chi connectivity index (χ1) is 8.99. The van der Waals surface area contributed by atoms with Gasteiger partial charge in [0.15, 0.2) is 0 Å². The average molecular weight is 261 g/mol. The van der Waals surface area contributed by atoms with E-state index in [1.807, 2.05) is 0 Å². The Bertz CT molecular complexity index is 611. The molecule has 5 heteroatoms. The first-order valence-electron chi connectivity index (χ1n) is 5.54. The fourth-order valence-electron chi connectivity index (χ4n) is 1.65. The summed E-state index contributed by atoms with van der Waals surface area (Å²) in [6, 6.07) is 9.15. The molecule has 2 rings (SSSR count). The number of nitrogens with zero attached hydrogens (tertiary/aromatic N) is 1. The first kappa shape index (κ1) is 12.9. The number of rotatable bonds is 2. The van der Waals surface area contributed by atoms with Gasteiger partial charge in [-0.1, -0.05) is 0 Å². The van der Waals surface area contributed by atoms with Crippen molar-refractivity contribution in [2.24, 2.45) is 0 Å². The molecule has 0 aromatic heterocycles. The van der Waals surface area contributed by atoms with Crippen LogP contribution in [0.15, 0.2) is 42.5 Å². The SMILES string of the molecule is CN(C(=O)c1cc(F)ccc1O)c1ccc(O)cc1. The molecule has 2 N–H and O–H groups in total. The molecule has 0 heterocycles. The fraction of sp³-hybridized carbons (Fsp3) is 0.0714. The lowest BCUT2D eigenvalue weighted by atomic mass is 10.1. The van der Waals surface area contributed by atoms with E-state index in [1.54, 1.807) is 12.1 Å². The monoisotopic (exact) mass is 261 g/mol. The molecule has 0 spiro atoms. The van der Waals surface area contributed by atoms with E-state index in [2.05, 4.69) is 0 Å². The van der Waals surface area contributed by atoms with E-state index in [1.165, 1.54) is 24.1 Å². The van der Waals surface area contributed by atoms with Crippen molar-refractivity contribution >= 4 is 11.6 Å². The lowest BCUT2D eigenvalue weighted by Crippen LogP contribution is -2.26. The molecule has 0 aliphatic carbocycles. The zero-order chi connectivity index (χ0) is 14.0. The van der Waals surface area contributed by atoms with Gasteiger partial charge in [-0.25, -0.2) is 4.39 Å². The topological polar surface area (TPSA) is 60.8 Å². The molecule has 4 nitrogen and oxygen atoms in total. The second-order valence-corrected chi connectivity index (χ2v) is 4.04. The summed E-state index contributed by atoms with van der Waals surface area (Å²) in [6.07, 6.45) is 0. The number of halogens is 1. The molecule has 0 bridgehead atoms. The molecule has 98 valence electrons. The molecule has 19 heavy (non-hydrogen) atoms. The van der Waals surface area contributed by atoms with Crippen LogP contribution in [-0.4, -0.2) is 23.2 Å². The van der Waals surface area contributed by atoms with Crippen LogP contribution in [0.1, 0.15) is 10.4 Å². The van der Waals surface area contributed by atoms with Gasteiger partial charge < -0.3 is 15.1 Å². The number of phenols is 2. The van der Waals surface area contributed by atoms with Crippen LogP contribution in [0.3, 0.4) is 0 Å². The highest BCUT2D eigenvalue weighted by atomic mass is 19.1. The van der Waals surface area contributed by atoms with Crippen LogP contribution >= 0.6 is 0 Å². The summed E-state index contributed by atoms with van der Waals surface area (Å²) in [5, 5.41) is 18.8. The maximum atomic E-state index is 13.1. The molecule has 0 unspecified atom stereocenters. The number of amides is 1. The van der Waals surface area contributed by atoms with Crippen LogP contribution < -0.4 is 4.90 Å². The second kappa shape index (κ2) is 4.97. The lowest BCUT2D eigenvalue weighted by molar-refractivity contribution is 0.0990. The van der Waals surface area contributed by atoms with Gasteiger partial charge in [0, 0.05) is 12.7 Å². The molecule has 0 saturated heterocycles. The zero-order valence-corrected chi connectivity index (χ0v) is 10.2. The number of carbonyl (C=O) groups is 1.